The molecule has 0 saturated carbocycles. The lowest BCUT2D eigenvalue weighted by molar-refractivity contribution is 0.249. The summed E-state index contributed by atoms with van der Waals surface area (Å²) in [5.41, 5.74) is 4.36. The van der Waals surface area contributed by atoms with Crippen molar-refractivity contribution in [2.24, 2.45) is 9.98 Å². The molecule has 3 N–H and O–H groups in total. The number of hydrogen-bond acceptors (Lipinski definition) is 4. The fraction of sp³-hybridized carbons (Fsp3) is 0.182. The van der Waals surface area contributed by atoms with E-state index in [0.29, 0.717) is 6.42 Å². The number of aliphatic hydroxyl groups excluding tert-OH is 1. The third-order valence-electron chi connectivity index (χ3n) is 5.07. The summed E-state index contributed by atoms with van der Waals surface area (Å²) in [5, 5.41) is 15.2. The van der Waals surface area contributed by atoms with Crippen LogP contribution in [0.4, 0.5) is 0 Å². The van der Waals surface area contributed by atoms with Crippen LogP contribution in [0.2, 0.25) is 0 Å². The highest BCUT2D eigenvalue weighted by molar-refractivity contribution is 6.20. The zero-order valence-corrected chi connectivity index (χ0v) is 14.8. The van der Waals surface area contributed by atoms with Crippen molar-refractivity contribution in [3.8, 4) is 0 Å². The molecule has 1 aromatic heterocycles. The first-order valence-electron chi connectivity index (χ1n) is 9.16. The molecule has 5 rings (SSSR count). The summed E-state index contributed by atoms with van der Waals surface area (Å²) in [6.07, 6.45) is 19.9. The number of fused-ring (bicyclic) bond motifs is 6. The van der Waals surface area contributed by atoms with Gasteiger partial charge in [-0.2, -0.15) is 0 Å². The highest BCUT2D eigenvalue weighted by atomic mass is 16.3. The summed E-state index contributed by atoms with van der Waals surface area (Å²) in [6.45, 7) is 0.114. The average Bonchev–Trinajstić information content (AvgIpc) is 3.40. The molecular weight excluding hydrogens is 336 g/mol. The van der Waals surface area contributed by atoms with E-state index in [0.717, 1.165) is 45.6 Å². The van der Waals surface area contributed by atoms with Gasteiger partial charge in [-0.25, -0.2) is 9.98 Å². The van der Waals surface area contributed by atoms with E-state index < -0.39 is 0 Å². The molecule has 0 saturated heterocycles. The minimum Gasteiger partial charge on any atom is -0.396 e. The molecule has 8 bridgehead atoms. The van der Waals surface area contributed by atoms with Gasteiger partial charge in [0.05, 0.1) is 28.4 Å². The molecule has 0 radical (unpaired) electrons. The Hall–Kier alpha value is -3.18. The third kappa shape index (κ3) is 3.17. The van der Waals surface area contributed by atoms with Crippen molar-refractivity contribution in [3.63, 3.8) is 0 Å². The molecule has 1 unspecified atom stereocenters. The SMILES string of the molecule is OCCC12C=C3C=CC(=N3)C=c3ccc([nH]3)=CC3=NC(=CC(=CC1)N2)C=C3. The largest absolute Gasteiger partial charge is 0.396 e. The lowest BCUT2D eigenvalue weighted by Gasteiger charge is -2.27. The van der Waals surface area contributed by atoms with E-state index in [9.17, 15) is 5.11 Å². The molecule has 1 atom stereocenters. The van der Waals surface area contributed by atoms with Crippen molar-refractivity contribution >= 4 is 23.6 Å². The Morgan fingerprint density at radius 2 is 1.63 bits per heavy atom. The van der Waals surface area contributed by atoms with Gasteiger partial charge in [-0.3, -0.25) is 0 Å². The second-order valence-corrected chi connectivity index (χ2v) is 7.15. The third-order valence-corrected chi connectivity index (χ3v) is 5.07. The van der Waals surface area contributed by atoms with Crippen molar-refractivity contribution in [1.29, 1.82) is 0 Å². The molecule has 0 fully saturated rings. The van der Waals surface area contributed by atoms with Gasteiger partial charge in [0, 0.05) is 23.0 Å². The first-order chi connectivity index (χ1) is 13.2. The monoisotopic (exact) mass is 356 g/mol. The Labute approximate surface area is 156 Å². The predicted octanol–water partition coefficient (Wildman–Crippen LogP) is 1.38. The number of hydrogen-bond donors (Lipinski definition) is 3. The minimum atomic E-state index is -0.322. The number of aliphatic imine (C=N–C) groups is 2. The molecule has 4 aliphatic rings. The van der Waals surface area contributed by atoms with E-state index in [1.54, 1.807) is 0 Å². The Morgan fingerprint density at radius 1 is 0.926 bits per heavy atom. The van der Waals surface area contributed by atoms with Crippen LogP contribution in [0.15, 0.2) is 81.7 Å². The fourth-order valence-electron chi connectivity index (χ4n) is 3.78. The van der Waals surface area contributed by atoms with Crippen molar-refractivity contribution in [2.45, 2.75) is 18.4 Å². The molecule has 0 spiro atoms. The lowest BCUT2D eigenvalue weighted by atomic mass is 9.92. The standard InChI is InChI=1S/C22H20N4O/c27-10-9-22-8-7-20(26-22)13-19-4-3-16(24-19)11-15-1-2-17(23-15)12-18-5-6-21(14-22)25-18/h1-7,11-14,23,26-27H,8-10H2. The number of H-pyrrole nitrogens is 1. The van der Waals surface area contributed by atoms with Gasteiger partial charge in [-0.1, -0.05) is 6.08 Å². The summed E-state index contributed by atoms with van der Waals surface area (Å²) in [4.78, 5) is 12.8. The van der Waals surface area contributed by atoms with Crippen LogP contribution in [0, 0.1) is 0 Å². The number of aromatic nitrogens is 1. The molecule has 0 amide bonds. The number of aromatic amines is 1. The van der Waals surface area contributed by atoms with Gasteiger partial charge in [-0.05, 0) is 73.6 Å². The molecule has 134 valence electrons. The maximum Gasteiger partial charge on any atom is 0.0658 e. The quantitative estimate of drug-likeness (QED) is 0.749. The molecule has 5 heterocycles. The van der Waals surface area contributed by atoms with Crippen molar-refractivity contribution in [2.75, 3.05) is 6.61 Å². The summed E-state index contributed by atoms with van der Waals surface area (Å²) >= 11 is 0. The number of nitrogens with one attached hydrogen (secondary N) is 2. The second kappa shape index (κ2) is 6.21. The second-order valence-electron chi connectivity index (χ2n) is 7.15. The number of allylic oxidation sites excluding steroid dienone is 5. The van der Waals surface area contributed by atoms with E-state index in [-0.39, 0.29) is 12.1 Å². The molecular formula is C22H20N4O. The van der Waals surface area contributed by atoms with Gasteiger partial charge in [0.25, 0.3) is 0 Å². The smallest absolute Gasteiger partial charge is 0.0658 e. The highest BCUT2D eigenvalue weighted by Crippen LogP contribution is 2.30. The summed E-state index contributed by atoms with van der Waals surface area (Å²) in [6, 6.07) is 4.08. The molecule has 0 aromatic carbocycles. The minimum absolute atomic E-state index is 0.114. The van der Waals surface area contributed by atoms with E-state index in [1.807, 2.05) is 54.7 Å². The maximum atomic E-state index is 9.59. The summed E-state index contributed by atoms with van der Waals surface area (Å²) < 4.78 is 0. The highest BCUT2D eigenvalue weighted by Gasteiger charge is 2.31. The molecule has 5 heteroatoms. The fourth-order valence-corrected chi connectivity index (χ4v) is 3.78. The Morgan fingerprint density at radius 3 is 2.37 bits per heavy atom. The summed E-state index contributed by atoms with van der Waals surface area (Å²) in [5.74, 6) is 0. The molecule has 1 aromatic rings. The van der Waals surface area contributed by atoms with E-state index in [4.69, 9.17) is 4.99 Å². The number of aliphatic hydroxyl groups is 1. The Balaban J connectivity index is 1.65. The van der Waals surface area contributed by atoms with Crippen LogP contribution in [0.3, 0.4) is 0 Å². The van der Waals surface area contributed by atoms with Crippen molar-refractivity contribution in [1.82, 2.24) is 10.3 Å². The van der Waals surface area contributed by atoms with Crippen LogP contribution in [0.25, 0.3) is 12.2 Å². The Bertz CT molecular complexity index is 1140. The van der Waals surface area contributed by atoms with Gasteiger partial charge < -0.3 is 15.4 Å². The van der Waals surface area contributed by atoms with E-state index >= 15 is 0 Å². The first kappa shape index (κ1) is 16.0. The van der Waals surface area contributed by atoms with Crippen LogP contribution in [0.1, 0.15) is 12.8 Å². The van der Waals surface area contributed by atoms with Crippen LogP contribution in [-0.2, 0) is 0 Å². The van der Waals surface area contributed by atoms with E-state index in [1.165, 1.54) is 0 Å². The molecule has 27 heavy (non-hydrogen) atoms. The van der Waals surface area contributed by atoms with Gasteiger partial charge in [0.15, 0.2) is 0 Å². The van der Waals surface area contributed by atoms with Gasteiger partial charge >= 0.3 is 0 Å². The molecule has 5 nitrogen and oxygen atoms in total. The van der Waals surface area contributed by atoms with Crippen molar-refractivity contribution < 1.29 is 5.11 Å². The first-order valence-corrected chi connectivity index (χ1v) is 9.16. The number of rotatable bonds is 2. The predicted molar refractivity (Wildman–Crippen MR) is 109 cm³/mol. The summed E-state index contributed by atoms with van der Waals surface area (Å²) in [7, 11) is 0. The Kier molecular flexibility index (Phi) is 3.69. The topological polar surface area (TPSA) is 72.8 Å². The molecule has 4 aliphatic heterocycles. The lowest BCUT2D eigenvalue weighted by Crippen LogP contribution is -2.39. The molecule has 0 aliphatic carbocycles. The average molecular weight is 356 g/mol. The van der Waals surface area contributed by atoms with Gasteiger partial charge in [0.2, 0.25) is 0 Å². The van der Waals surface area contributed by atoms with Crippen LogP contribution in [0.5, 0.6) is 0 Å². The van der Waals surface area contributed by atoms with Gasteiger partial charge in [-0.15, -0.1) is 0 Å². The normalized spacial score (nSPS) is 25.0. The maximum absolute atomic E-state index is 9.59. The van der Waals surface area contributed by atoms with Crippen molar-refractivity contribution in [3.05, 3.63) is 82.5 Å². The van der Waals surface area contributed by atoms with Crippen LogP contribution < -0.4 is 16.0 Å². The van der Waals surface area contributed by atoms with Gasteiger partial charge in [0.1, 0.15) is 0 Å². The zero-order chi connectivity index (χ0) is 18.3. The zero-order valence-electron chi connectivity index (χ0n) is 14.8. The van der Waals surface area contributed by atoms with Crippen LogP contribution in [-0.4, -0.2) is 33.7 Å². The van der Waals surface area contributed by atoms with Crippen LogP contribution >= 0.6 is 0 Å². The number of nitrogens with zero attached hydrogens (tertiary/aromatic N) is 2. The van der Waals surface area contributed by atoms with E-state index in [2.05, 4.69) is 27.4 Å².